The summed E-state index contributed by atoms with van der Waals surface area (Å²) in [5.74, 6) is 1.51. The van der Waals surface area contributed by atoms with Crippen LogP contribution >= 0.6 is 11.6 Å². The van der Waals surface area contributed by atoms with Gasteiger partial charge in [-0.05, 0) is 36.2 Å². The fourth-order valence-corrected chi connectivity index (χ4v) is 2.59. The predicted molar refractivity (Wildman–Crippen MR) is 106 cm³/mol. The summed E-state index contributed by atoms with van der Waals surface area (Å²) in [7, 11) is 0. The summed E-state index contributed by atoms with van der Waals surface area (Å²) < 4.78 is 13.2. The van der Waals surface area contributed by atoms with Crippen LogP contribution in [0.4, 0.5) is 0 Å². The second-order valence-corrected chi connectivity index (χ2v) is 6.00. The molecule has 0 amide bonds. The molecule has 27 heavy (non-hydrogen) atoms. The monoisotopic (exact) mass is 382 g/mol. The van der Waals surface area contributed by atoms with Gasteiger partial charge in [0, 0.05) is 10.6 Å². The summed E-state index contributed by atoms with van der Waals surface area (Å²) in [6.45, 7) is 4.57. The van der Waals surface area contributed by atoms with Gasteiger partial charge in [0.25, 0.3) is 0 Å². The first-order valence-corrected chi connectivity index (χ1v) is 8.77. The highest BCUT2D eigenvalue weighted by Gasteiger charge is 2.05. The van der Waals surface area contributed by atoms with Crippen molar-refractivity contribution in [2.24, 2.45) is 5.10 Å². The van der Waals surface area contributed by atoms with Crippen LogP contribution in [0.15, 0.2) is 72.9 Å². The number of rotatable bonds is 9. The maximum absolute atomic E-state index is 6.08. The molecular formula is C20H19ClN4O2. The van der Waals surface area contributed by atoms with Crippen molar-refractivity contribution in [3.05, 3.63) is 83.9 Å². The van der Waals surface area contributed by atoms with E-state index in [1.165, 1.54) is 17.3 Å². The Morgan fingerprint density at radius 3 is 2.56 bits per heavy atom. The van der Waals surface area contributed by atoms with E-state index >= 15 is 0 Å². The summed E-state index contributed by atoms with van der Waals surface area (Å²) >= 11 is 6.08. The Balaban J connectivity index is 1.60. The molecule has 3 aromatic rings. The SMILES string of the molecule is C=CCc1ccccc1OCCOc1ccc(Cl)cc1C=Nn1cnnc1. The number of benzene rings is 2. The molecule has 6 nitrogen and oxygen atoms in total. The maximum atomic E-state index is 6.08. The van der Waals surface area contributed by atoms with Crippen LogP contribution in [-0.2, 0) is 6.42 Å². The van der Waals surface area contributed by atoms with Crippen LogP contribution in [0.5, 0.6) is 11.5 Å². The van der Waals surface area contributed by atoms with Gasteiger partial charge in [-0.25, -0.2) is 4.68 Å². The first-order valence-electron chi connectivity index (χ1n) is 8.39. The van der Waals surface area contributed by atoms with Gasteiger partial charge in [0.2, 0.25) is 0 Å². The molecule has 0 spiro atoms. The zero-order valence-electron chi connectivity index (χ0n) is 14.7. The summed E-state index contributed by atoms with van der Waals surface area (Å²) in [6, 6.07) is 13.3. The lowest BCUT2D eigenvalue weighted by Gasteiger charge is -2.12. The quantitative estimate of drug-likeness (QED) is 0.319. The lowest BCUT2D eigenvalue weighted by Crippen LogP contribution is -2.11. The summed E-state index contributed by atoms with van der Waals surface area (Å²) in [5.41, 5.74) is 1.85. The third-order valence-corrected chi connectivity index (χ3v) is 3.88. The Labute approximate surface area is 162 Å². The number of hydrogen-bond donors (Lipinski definition) is 0. The second kappa shape index (κ2) is 9.54. The Kier molecular flexibility index (Phi) is 6.60. The van der Waals surface area contributed by atoms with Crippen LogP contribution < -0.4 is 9.47 Å². The number of allylic oxidation sites excluding steroid dienone is 1. The molecule has 0 fully saturated rings. The Morgan fingerprint density at radius 2 is 1.78 bits per heavy atom. The number of nitrogens with zero attached hydrogens (tertiary/aromatic N) is 4. The molecule has 0 bridgehead atoms. The lowest BCUT2D eigenvalue weighted by molar-refractivity contribution is 0.216. The molecule has 0 aliphatic rings. The topological polar surface area (TPSA) is 61.5 Å². The van der Waals surface area contributed by atoms with Gasteiger partial charge >= 0.3 is 0 Å². The minimum Gasteiger partial charge on any atom is -0.490 e. The van der Waals surface area contributed by atoms with Gasteiger partial charge < -0.3 is 9.47 Å². The molecule has 3 rings (SSSR count). The average molecular weight is 383 g/mol. The number of aromatic nitrogens is 3. The summed E-state index contributed by atoms with van der Waals surface area (Å²) in [5, 5.41) is 12.2. The first kappa shape index (κ1) is 18.7. The predicted octanol–water partition coefficient (Wildman–Crippen LogP) is 4.00. The van der Waals surface area contributed by atoms with E-state index in [1.54, 1.807) is 18.3 Å². The largest absolute Gasteiger partial charge is 0.490 e. The van der Waals surface area contributed by atoms with Crippen LogP contribution in [0, 0.1) is 0 Å². The summed E-state index contributed by atoms with van der Waals surface area (Å²) in [6.07, 6.45) is 7.25. The smallest absolute Gasteiger partial charge is 0.141 e. The van der Waals surface area contributed by atoms with E-state index in [0.29, 0.717) is 24.0 Å². The van der Waals surface area contributed by atoms with Crippen molar-refractivity contribution in [3.63, 3.8) is 0 Å². The van der Waals surface area contributed by atoms with Gasteiger partial charge in [0.05, 0.1) is 6.21 Å². The van der Waals surface area contributed by atoms with Crippen molar-refractivity contribution in [2.75, 3.05) is 13.2 Å². The van der Waals surface area contributed by atoms with E-state index in [2.05, 4.69) is 21.9 Å². The Hall–Kier alpha value is -3.12. The van der Waals surface area contributed by atoms with Gasteiger partial charge in [0.1, 0.15) is 37.4 Å². The maximum Gasteiger partial charge on any atom is 0.141 e. The van der Waals surface area contributed by atoms with Crippen molar-refractivity contribution in [1.82, 2.24) is 14.9 Å². The molecule has 0 radical (unpaired) electrons. The van der Waals surface area contributed by atoms with Gasteiger partial charge in [-0.2, -0.15) is 5.10 Å². The van der Waals surface area contributed by atoms with Crippen molar-refractivity contribution < 1.29 is 9.47 Å². The van der Waals surface area contributed by atoms with Crippen LogP contribution in [0.1, 0.15) is 11.1 Å². The second-order valence-electron chi connectivity index (χ2n) is 5.57. The molecule has 2 aromatic carbocycles. The van der Waals surface area contributed by atoms with Gasteiger partial charge in [-0.3, -0.25) is 0 Å². The highest BCUT2D eigenvalue weighted by molar-refractivity contribution is 6.30. The van der Waals surface area contributed by atoms with Gasteiger partial charge in [0.15, 0.2) is 0 Å². The molecule has 0 unspecified atom stereocenters. The van der Waals surface area contributed by atoms with Crippen molar-refractivity contribution >= 4 is 17.8 Å². The summed E-state index contributed by atoms with van der Waals surface area (Å²) in [4.78, 5) is 0. The molecule has 0 aliphatic carbocycles. The van der Waals surface area contributed by atoms with Gasteiger partial charge in [-0.1, -0.05) is 35.9 Å². The number of halogens is 1. The Bertz CT molecular complexity index is 910. The molecule has 0 N–H and O–H groups in total. The molecule has 0 atom stereocenters. The van der Waals surface area contributed by atoms with Crippen molar-refractivity contribution in [1.29, 1.82) is 0 Å². The third-order valence-electron chi connectivity index (χ3n) is 3.64. The van der Waals surface area contributed by atoms with E-state index in [1.807, 2.05) is 36.4 Å². The standard InChI is InChI=1S/C20H19ClN4O2/c1-2-5-16-6-3-4-7-19(16)26-10-11-27-20-9-8-18(21)12-17(20)13-24-25-14-22-23-15-25/h2-4,6-9,12-15H,1,5,10-11H2. The minimum absolute atomic E-state index is 0.386. The third kappa shape index (κ3) is 5.43. The number of ether oxygens (including phenoxy) is 2. The van der Waals surface area contributed by atoms with E-state index in [9.17, 15) is 0 Å². The zero-order chi connectivity index (χ0) is 18.9. The van der Waals surface area contributed by atoms with Crippen LogP contribution in [-0.4, -0.2) is 34.3 Å². The fourth-order valence-electron chi connectivity index (χ4n) is 2.41. The van der Waals surface area contributed by atoms with Crippen molar-refractivity contribution in [2.45, 2.75) is 6.42 Å². The molecule has 0 saturated carbocycles. The minimum atomic E-state index is 0.386. The van der Waals surface area contributed by atoms with E-state index in [4.69, 9.17) is 21.1 Å². The zero-order valence-corrected chi connectivity index (χ0v) is 15.4. The van der Waals surface area contributed by atoms with E-state index in [-0.39, 0.29) is 0 Å². The van der Waals surface area contributed by atoms with Crippen LogP contribution in [0.3, 0.4) is 0 Å². The van der Waals surface area contributed by atoms with E-state index < -0.39 is 0 Å². The van der Waals surface area contributed by atoms with Crippen LogP contribution in [0.2, 0.25) is 5.02 Å². The van der Waals surface area contributed by atoms with Crippen LogP contribution in [0.25, 0.3) is 0 Å². The number of hydrogen-bond acceptors (Lipinski definition) is 5. The molecule has 0 aliphatic heterocycles. The van der Waals surface area contributed by atoms with Crippen molar-refractivity contribution in [3.8, 4) is 11.5 Å². The van der Waals surface area contributed by atoms with Gasteiger partial charge in [-0.15, -0.1) is 16.8 Å². The molecular weight excluding hydrogens is 364 g/mol. The molecule has 0 saturated heterocycles. The molecule has 7 heteroatoms. The fraction of sp³-hybridized carbons (Fsp3) is 0.150. The molecule has 1 heterocycles. The lowest BCUT2D eigenvalue weighted by atomic mass is 10.1. The highest BCUT2D eigenvalue weighted by Crippen LogP contribution is 2.22. The molecule has 138 valence electrons. The Morgan fingerprint density at radius 1 is 1.04 bits per heavy atom. The number of para-hydroxylation sites is 1. The average Bonchev–Trinajstić information content (AvgIpc) is 3.20. The normalized spacial score (nSPS) is 10.9. The highest BCUT2D eigenvalue weighted by atomic mass is 35.5. The first-order chi connectivity index (χ1) is 13.3. The van der Waals surface area contributed by atoms with E-state index in [0.717, 1.165) is 23.3 Å². The molecule has 1 aromatic heterocycles.